The number of amides is 11. The van der Waals surface area contributed by atoms with E-state index in [1.165, 1.54) is 43.7 Å². The summed E-state index contributed by atoms with van der Waals surface area (Å²) in [7, 11) is 0. The number of phenolic OH excluding ortho intramolecular Hbond substituents is 1. The zero-order chi connectivity index (χ0) is 69.7. The van der Waals surface area contributed by atoms with Crippen LogP contribution in [0, 0.1) is 29.6 Å². The number of hydrogen-bond donors (Lipinski definition) is 18. The maximum absolute atomic E-state index is 14.3. The molecule has 1 heterocycles. The van der Waals surface area contributed by atoms with E-state index in [9.17, 15) is 82.8 Å². The molecule has 11 amide bonds. The van der Waals surface area contributed by atoms with Crippen molar-refractivity contribution in [3.05, 3.63) is 48.0 Å². The number of aliphatic carboxylic acids is 2. The number of nitrogens with two attached hydrogens (primary N) is 1. The minimum atomic E-state index is -1.69. The first-order chi connectivity index (χ1) is 43.0. The van der Waals surface area contributed by atoms with Crippen molar-refractivity contribution >= 4 is 89.5 Å². The highest BCUT2D eigenvalue weighted by molar-refractivity contribution is 7.80. The van der Waals surface area contributed by atoms with Gasteiger partial charge in [-0.2, -0.15) is 12.6 Å². The first-order valence-electron chi connectivity index (χ1n) is 30.5. The summed E-state index contributed by atoms with van der Waals surface area (Å²) in [4.78, 5) is 181. The second-order valence-corrected chi connectivity index (χ2v) is 25.0. The molecule has 0 fully saturated rings. The number of aromatic hydroxyl groups is 1. The van der Waals surface area contributed by atoms with Gasteiger partial charge >= 0.3 is 11.9 Å². The molecule has 32 heteroatoms. The lowest BCUT2D eigenvalue weighted by atomic mass is 9.98. The minimum Gasteiger partial charge on any atom is -0.508 e. The fourth-order valence-corrected chi connectivity index (χ4v) is 9.42. The van der Waals surface area contributed by atoms with Crippen LogP contribution < -0.4 is 64.2 Å². The molecular weight excluding hydrogens is 1220 g/mol. The van der Waals surface area contributed by atoms with Crippen LogP contribution in [0.5, 0.6) is 5.75 Å². The third-order valence-corrected chi connectivity index (χ3v) is 14.4. The predicted molar refractivity (Wildman–Crippen MR) is 338 cm³/mol. The number of carbonyl (C=O) groups excluding carboxylic acids is 11. The van der Waals surface area contributed by atoms with Crippen molar-refractivity contribution in [1.29, 1.82) is 0 Å². The molecule has 1 aromatic carbocycles. The number of carboxylic acids is 2. The number of rotatable bonds is 41. The average Bonchev–Trinajstić information content (AvgIpc) is 1.14. The third-order valence-electron chi connectivity index (χ3n) is 14.0. The summed E-state index contributed by atoms with van der Waals surface area (Å²) in [6.07, 6.45) is 1.49. The molecule has 0 aliphatic carbocycles. The number of thiol groups is 1. The van der Waals surface area contributed by atoms with Gasteiger partial charge in [0.05, 0.1) is 31.2 Å². The monoisotopic (exact) mass is 1320 g/mol. The number of nitrogens with one attached hydrogen (secondary N) is 12. The SMILES string of the molecule is CC(C)C[C@H](NC(=O)[C@H](Cc1ccc(O)cc1)NC(=O)[C@H](CC(C)C)NC(=O)[C@H](C)NC(=O)[C@H](CCC(=O)O)NC(=O)[C@@H](NC(=O)[C@H](CC(C)C)NC(=O)[C@H](Cc1c[nH]cn1)NC(=O)[C@H](CO)NC(=O)CNC(=O)[C@H](CS)NC(=O)[C@@H](N)CC(C)C)C(C)C)C(=O)O. The Labute approximate surface area is 540 Å². The number of aliphatic hydroxyl groups is 1. The number of carboxylic acid groups (broad SMARTS) is 2. The van der Waals surface area contributed by atoms with Crippen LogP contribution in [-0.2, 0) is 75.2 Å². The summed E-state index contributed by atoms with van der Waals surface area (Å²) in [6.45, 7) is 16.9. The van der Waals surface area contributed by atoms with Gasteiger partial charge in [-0.25, -0.2) is 9.78 Å². The molecule has 0 saturated carbocycles. The Morgan fingerprint density at radius 2 is 0.967 bits per heavy atom. The normalized spacial score (nSPS) is 14.9. The van der Waals surface area contributed by atoms with E-state index in [0.717, 1.165) is 0 Å². The summed E-state index contributed by atoms with van der Waals surface area (Å²) in [5, 5.41) is 66.9. The Bertz CT molecular complexity index is 2800. The first-order valence-corrected chi connectivity index (χ1v) is 31.2. The molecule has 18 N–H and O–H groups in total. The zero-order valence-electron chi connectivity index (χ0n) is 54.0. The van der Waals surface area contributed by atoms with E-state index < -0.39 is 175 Å². The van der Waals surface area contributed by atoms with Crippen molar-refractivity contribution in [2.45, 2.75) is 194 Å². The smallest absolute Gasteiger partial charge is 0.326 e. The topological polar surface area (TPSA) is 490 Å². The van der Waals surface area contributed by atoms with Gasteiger partial charge in [0.2, 0.25) is 65.0 Å². The van der Waals surface area contributed by atoms with Crippen LogP contribution >= 0.6 is 12.6 Å². The maximum atomic E-state index is 14.3. The van der Waals surface area contributed by atoms with Crippen LogP contribution in [0.3, 0.4) is 0 Å². The molecule has 1 aromatic heterocycles. The van der Waals surface area contributed by atoms with Crippen LogP contribution in [0.1, 0.15) is 126 Å². The molecule has 0 radical (unpaired) electrons. The highest BCUT2D eigenvalue weighted by Gasteiger charge is 2.37. The van der Waals surface area contributed by atoms with Crippen molar-refractivity contribution < 1.29 is 82.8 Å². The zero-order valence-corrected chi connectivity index (χ0v) is 54.9. The van der Waals surface area contributed by atoms with Gasteiger partial charge in [-0.05, 0) is 86.3 Å². The summed E-state index contributed by atoms with van der Waals surface area (Å²) >= 11 is 4.11. The van der Waals surface area contributed by atoms with Crippen molar-refractivity contribution in [2.75, 3.05) is 18.9 Å². The highest BCUT2D eigenvalue weighted by Crippen LogP contribution is 2.16. The van der Waals surface area contributed by atoms with Gasteiger partial charge in [0, 0.05) is 31.2 Å². The van der Waals surface area contributed by atoms with E-state index in [1.54, 1.807) is 55.4 Å². The Kier molecular flexibility index (Phi) is 34.5. The van der Waals surface area contributed by atoms with Gasteiger partial charge in [-0.3, -0.25) is 57.5 Å². The standard InChI is InChI=1S/C60H96N14O17S/c1-29(2)18-38(61)51(81)73-46(27-92)52(82)63-25-47(77)66-45(26-75)58(88)71-43(23-36-24-62-28-64-36)56(86)69-41(20-31(5)6)57(87)74-49(33(9)10)59(89)67-39(16-17-48(78)79)53(83)65-34(11)50(80)68-40(19-30(3)4)54(84)70-42(22-35-12-14-37(76)15-13-35)55(85)72-44(60(90)91)21-32(7)8/h12-15,24,28-34,38-46,49,75-76,92H,16-23,25-27,61H2,1-11H3,(H,62,64)(H,63,82)(H,65,83)(H,66,77)(H,67,89)(H,68,80)(H,69,86)(H,70,84)(H,71,88)(H,72,85)(H,73,81)(H,74,87)(H,78,79)(H,90,91)/t34-,38-,39-,40-,41-,42-,43-,44-,45-,46-,49-/m0/s1. The Balaban J connectivity index is 2.32. The van der Waals surface area contributed by atoms with Gasteiger partial charge in [0.1, 0.15) is 66.2 Å². The molecule has 514 valence electrons. The third kappa shape index (κ3) is 29.3. The summed E-state index contributed by atoms with van der Waals surface area (Å²) in [6, 6.07) is -9.52. The van der Waals surface area contributed by atoms with Crippen molar-refractivity contribution in [1.82, 2.24) is 68.5 Å². The first kappa shape index (κ1) is 79.7. The molecule has 2 aromatic rings. The number of hydrogen-bond acceptors (Lipinski definition) is 18. The number of phenols is 1. The molecule has 0 spiro atoms. The van der Waals surface area contributed by atoms with E-state index in [1.807, 2.05) is 13.8 Å². The lowest BCUT2D eigenvalue weighted by molar-refractivity contribution is -0.143. The summed E-state index contributed by atoms with van der Waals surface area (Å²) < 4.78 is 0. The number of nitrogens with zero attached hydrogens (tertiary/aromatic N) is 1. The summed E-state index contributed by atoms with van der Waals surface area (Å²) in [5.74, 6) is -14.0. The molecule has 0 aliphatic heterocycles. The largest absolute Gasteiger partial charge is 0.508 e. The molecule has 0 unspecified atom stereocenters. The van der Waals surface area contributed by atoms with Gasteiger partial charge in [0.15, 0.2) is 0 Å². The Hall–Kier alpha value is -8.39. The number of aromatic nitrogens is 2. The Morgan fingerprint density at radius 1 is 0.511 bits per heavy atom. The highest BCUT2D eigenvalue weighted by atomic mass is 32.1. The maximum Gasteiger partial charge on any atom is 0.326 e. The van der Waals surface area contributed by atoms with Crippen LogP contribution in [0.2, 0.25) is 0 Å². The molecular formula is C60H96N14O17S. The molecule has 92 heavy (non-hydrogen) atoms. The van der Waals surface area contributed by atoms with Crippen molar-refractivity contribution in [3.8, 4) is 5.75 Å². The number of H-pyrrole nitrogens is 1. The van der Waals surface area contributed by atoms with Gasteiger partial charge in [-0.15, -0.1) is 0 Å². The van der Waals surface area contributed by atoms with Crippen LogP contribution in [-0.4, -0.2) is 193 Å². The van der Waals surface area contributed by atoms with Crippen LogP contribution in [0.4, 0.5) is 0 Å². The fraction of sp³-hybridized carbons (Fsp3) is 0.633. The number of imidazole rings is 1. The predicted octanol–water partition coefficient (Wildman–Crippen LogP) is -2.08. The number of carbonyl (C=O) groups is 13. The van der Waals surface area contributed by atoms with Crippen LogP contribution in [0.15, 0.2) is 36.8 Å². The molecule has 0 aliphatic rings. The number of benzene rings is 1. The fourth-order valence-electron chi connectivity index (χ4n) is 9.17. The molecule has 0 bridgehead atoms. The Morgan fingerprint density at radius 3 is 1.46 bits per heavy atom. The summed E-state index contributed by atoms with van der Waals surface area (Å²) in [5.41, 5.74) is 6.67. The number of aromatic amines is 1. The molecule has 11 atom stereocenters. The average molecular weight is 1320 g/mol. The molecule has 0 saturated heterocycles. The van der Waals surface area contributed by atoms with Crippen molar-refractivity contribution in [3.63, 3.8) is 0 Å². The van der Waals surface area contributed by atoms with E-state index in [0.29, 0.717) is 12.0 Å². The molecule has 31 nitrogen and oxygen atoms in total. The number of aliphatic hydroxyl groups excluding tert-OH is 1. The lowest BCUT2D eigenvalue weighted by Crippen LogP contribution is -2.61. The van der Waals surface area contributed by atoms with Crippen molar-refractivity contribution in [2.24, 2.45) is 35.3 Å². The van der Waals surface area contributed by atoms with E-state index in [4.69, 9.17) is 5.73 Å². The quantitative estimate of drug-likeness (QED) is 0.0318. The van der Waals surface area contributed by atoms with Gasteiger partial charge in [0.25, 0.3) is 0 Å². The molecule has 2 rings (SSSR count). The van der Waals surface area contributed by atoms with Crippen LogP contribution in [0.25, 0.3) is 0 Å². The van der Waals surface area contributed by atoms with E-state index in [2.05, 4.69) is 81.1 Å². The lowest BCUT2D eigenvalue weighted by Gasteiger charge is -2.29. The van der Waals surface area contributed by atoms with E-state index >= 15 is 0 Å². The minimum absolute atomic E-state index is 0.0105. The van der Waals surface area contributed by atoms with E-state index in [-0.39, 0.29) is 73.0 Å². The second kappa shape index (κ2) is 39.8. The van der Waals surface area contributed by atoms with Gasteiger partial charge < -0.3 is 89.6 Å². The van der Waals surface area contributed by atoms with Gasteiger partial charge in [-0.1, -0.05) is 81.4 Å². The second-order valence-electron chi connectivity index (χ2n) is 24.6.